The van der Waals surface area contributed by atoms with Gasteiger partial charge in [-0.15, -0.1) is 0 Å². The molecule has 0 fully saturated rings. The van der Waals surface area contributed by atoms with Gasteiger partial charge in [0, 0.05) is 17.9 Å². The van der Waals surface area contributed by atoms with Crippen molar-refractivity contribution in [2.75, 3.05) is 6.61 Å². The Kier molecular flexibility index (Phi) is 4.80. The van der Waals surface area contributed by atoms with Gasteiger partial charge in [0.25, 0.3) is 0 Å². The molecule has 2 nitrogen and oxygen atoms in total. The largest absolute Gasteiger partial charge is 0.493 e. The van der Waals surface area contributed by atoms with E-state index in [1.165, 1.54) is 19.3 Å². The summed E-state index contributed by atoms with van der Waals surface area (Å²) in [5.41, 5.74) is 1.09. The second-order valence-corrected chi connectivity index (χ2v) is 5.00. The zero-order chi connectivity index (χ0) is 12.8. The van der Waals surface area contributed by atoms with Gasteiger partial charge in [-0.05, 0) is 18.9 Å². The number of benzene rings is 1. The molecule has 0 bridgehead atoms. The zero-order valence-corrected chi connectivity index (χ0v) is 11.2. The van der Waals surface area contributed by atoms with Crippen LogP contribution >= 0.6 is 0 Å². The predicted molar refractivity (Wildman–Crippen MR) is 73.1 cm³/mol. The van der Waals surface area contributed by atoms with Gasteiger partial charge in [0.1, 0.15) is 11.5 Å². The Morgan fingerprint density at radius 1 is 1.28 bits per heavy atom. The third kappa shape index (κ3) is 3.12. The standard InChI is InChI=1S/C16H22O2/c1-2-3-4-5-9-15(17)13-11-12-18-16-10-7-6-8-14(13)16/h6-8,10,13H,2-5,9,11-12H2,1H3. The third-order valence-corrected chi connectivity index (χ3v) is 3.62. The second-order valence-electron chi connectivity index (χ2n) is 5.00. The molecule has 18 heavy (non-hydrogen) atoms. The molecule has 1 unspecified atom stereocenters. The molecule has 0 saturated heterocycles. The molecular formula is C16H22O2. The molecule has 1 aromatic rings. The van der Waals surface area contributed by atoms with E-state index in [1.54, 1.807) is 0 Å². The van der Waals surface area contributed by atoms with Gasteiger partial charge in [0.15, 0.2) is 0 Å². The van der Waals surface area contributed by atoms with E-state index in [9.17, 15) is 4.79 Å². The van der Waals surface area contributed by atoms with Gasteiger partial charge in [-0.2, -0.15) is 0 Å². The Hall–Kier alpha value is -1.31. The smallest absolute Gasteiger partial charge is 0.140 e. The number of rotatable bonds is 6. The molecule has 1 aliphatic heterocycles. The molecule has 0 spiro atoms. The number of hydrogen-bond acceptors (Lipinski definition) is 2. The normalized spacial score (nSPS) is 17.9. The van der Waals surface area contributed by atoms with E-state index >= 15 is 0 Å². The lowest BCUT2D eigenvalue weighted by molar-refractivity contribution is -0.121. The number of ether oxygens (including phenoxy) is 1. The number of para-hydroxylation sites is 1. The highest BCUT2D eigenvalue weighted by Gasteiger charge is 2.26. The highest BCUT2D eigenvalue weighted by Crippen LogP contribution is 2.34. The Morgan fingerprint density at radius 2 is 2.11 bits per heavy atom. The van der Waals surface area contributed by atoms with E-state index in [4.69, 9.17) is 4.74 Å². The number of hydrogen-bond donors (Lipinski definition) is 0. The number of Topliss-reactive ketones (excluding diaryl/α,β-unsaturated/α-hetero) is 1. The van der Waals surface area contributed by atoms with E-state index in [2.05, 4.69) is 6.92 Å². The first kappa shape index (κ1) is 13.1. The van der Waals surface area contributed by atoms with Crippen LogP contribution in [-0.2, 0) is 4.79 Å². The van der Waals surface area contributed by atoms with Crippen LogP contribution in [0.2, 0.25) is 0 Å². The van der Waals surface area contributed by atoms with Crippen molar-refractivity contribution in [1.82, 2.24) is 0 Å². The van der Waals surface area contributed by atoms with Crippen LogP contribution in [0.1, 0.15) is 56.9 Å². The van der Waals surface area contributed by atoms with Crippen molar-refractivity contribution in [3.8, 4) is 5.75 Å². The van der Waals surface area contributed by atoms with Crippen LogP contribution < -0.4 is 4.74 Å². The number of ketones is 1. The topological polar surface area (TPSA) is 26.3 Å². The molecule has 0 N–H and O–H groups in total. The Labute approximate surface area is 109 Å². The molecule has 2 rings (SSSR count). The highest BCUT2D eigenvalue weighted by molar-refractivity contribution is 5.86. The van der Waals surface area contributed by atoms with Crippen LogP contribution in [0, 0.1) is 0 Å². The average Bonchev–Trinajstić information content (AvgIpc) is 2.43. The second kappa shape index (κ2) is 6.58. The molecular weight excluding hydrogens is 224 g/mol. The first-order chi connectivity index (χ1) is 8.83. The van der Waals surface area contributed by atoms with Gasteiger partial charge in [-0.25, -0.2) is 0 Å². The number of fused-ring (bicyclic) bond motifs is 1. The number of carbonyl (C=O) groups excluding carboxylic acids is 1. The maximum absolute atomic E-state index is 12.3. The predicted octanol–water partition coefficient (Wildman–Crippen LogP) is 4.09. The molecule has 1 aromatic carbocycles. The molecule has 1 aliphatic rings. The number of carbonyl (C=O) groups is 1. The van der Waals surface area contributed by atoms with E-state index in [0.29, 0.717) is 12.4 Å². The average molecular weight is 246 g/mol. The Balaban J connectivity index is 1.95. The minimum absolute atomic E-state index is 0.0663. The first-order valence-corrected chi connectivity index (χ1v) is 7.07. The first-order valence-electron chi connectivity index (χ1n) is 7.07. The fourth-order valence-corrected chi connectivity index (χ4v) is 2.58. The maximum atomic E-state index is 12.3. The van der Waals surface area contributed by atoms with Gasteiger partial charge >= 0.3 is 0 Å². The summed E-state index contributed by atoms with van der Waals surface area (Å²) in [6.07, 6.45) is 6.22. The van der Waals surface area contributed by atoms with E-state index in [1.807, 2.05) is 24.3 Å². The van der Waals surface area contributed by atoms with Gasteiger partial charge in [-0.1, -0.05) is 44.4 Å². The summed E-state index contributed by atoms with van der Waals surface area (Å²) >= 11 is 0. The van der Waals surface area contributed by atoms with Crippen molar-refractivity contribution in [1.29, 1.82) is 0 Å². The van der Waals surface area contributed by atoms with Crippen LogP contribution in [0.3, 0.4) is 0 Å². The van der Waals surface area contributed by atoms with E-state index in [-0.39, 0.29) is 5.92 Å². The van der Waals surface area contributed by atoms with E-state index in [0.717, 1.165) is 30.6 Å². The van der Waals surface area contributed by atoms with Crippen molar-refractivity contribution >= 4 is 5.78 Å². The minimum Gasteiger partial charge on any atom is -0.493 e. The number of unbranched alkanes of at least 4 members (excludes halogenated alkanes) is 3. The summed E-state index contributed by atoms with van der Waals surface area (Å²) in [6.45, 7) is 2.86. The molecule has 0 amide bonds. The lowest BCUT2D eigenvalue weighted by Gasteiger charge is -2.24. The van der Waals surface area contributed by atoms with Crippen LogP contribution in [-0.4, -0.2) is 12.4 Å². The van der Waals surface area contributed by atoms with Crippen LogP contribution in [0.5, 0.6) is 5.75 Å². The van der Waals surface area contributed by atoms with Gasteiger partial charge < -0.3 is 4.74 Å². The van der Waals surface area contributed by atoms with Crippen LogP contribution in [0.4, 0.5) is 0 Å². The van der Waals surface area contributed by atoms with Crippen LogP contribution in [0.15, 0.2) is 24.3 Å². The van der Waals surface area contributed by atoms with Crippen molar-refractivity contribution in [3.05, 3.63) is 29.8 Å². The summed E-state index contributed by atoms with van der Waals surface area (Å²) in [7, 11) is 0. The molecule has 1 atom stereocenters. The minimum atomic E-state index is 0.0663. The lowest BCUT2D eigenvalue weighted by Crippen LogP contribution is -2.21. The fraction of sp³-hybridized carbons (Fsp3) is 0.562. The molecule has 2 heteroatoms. The molecule has 0 radical (unpaired) electrons. The Bertz CT molecular complexity index is 398. The fourth-order valence-electron chi connectivity index (χ4n) is 2.58. The zero-order valence-electron chi connectivity index (χ0n) is 11.2. The SMILES string of the molecule is CCCCCCC(=O)C1CCOc2ccccc21. The van der Waals surface area contributed by atoms with Crippen molar-refractivity contribution in [2.24, 2.45) is 0 Å². The summed E-state index contributed by atoms with van der Waals surface area (Å²) in [5.74, 6) is 1.36. The molecule has 98 valence electrons. The quantitative estimate of drug-likeness (QED) is 0.707. The summed E-state index contributed by atoms with van der Waals surface area (Å²) < 4.78 is 5.59. The van der Waals surface area contributed by atoms with Gasteiger partial charge in [-0.3, -0.25) is 4.79 Å². The summed E-state index contributed by atoms with van der Waals surface area (Å²) in [4.78, 5) is 12.3. The van der Waals surface area contributed by atoms with Crippen molar-refractivity contribution in [3.63, 3.8) is 0 Å². The Morgan fingerprint density at radius 3 is 2.94 bits per heavy atom. The van der Waals surface area contributed by atoms with Crippen LogP contribution in [0.25, 0.3) is 0 Å². The van der Waals surface area contributed by atoms with Gasteiger partial charge in [0.05, 0.1) is 6.61 Å². The van der Waals surface area contributed by atoms with Gasteiger partial charge in [0.2, 0.25) is 0 Å². The molecule has 1 heterocycles. The lowest BCUT2D eigenvalue weighted by atomic mass is 9.87. The maximum Gasteiger partial charge on any atom is 0.140 e. The van der Waals surface area contributed by atoms with Crippen molar-refractivity contribution < 1.29 is 9.53 Å². The monoisotopic (exact) mass is 246 g/mol. The molecule has 0 saturated carbocycles. The van der Waals surface area contributed by atoms with E-state index < -0.39 is 0 Å². The molecule has 0 aromatic heterocycles. The highest BCUT2D eigenvalue weighted by atomic mass is 16.5. The van der Waals surface area contributed by atoms with Crippen molar-refractivity contribution in [2.45, 2.75) is 51.4 Å². The molecule has 0 aliphatic carbocycles. The third-order valence-electron chi connectivity index (χ3n) is 3.62. The summed E-state index contributed by atoms with van der Waals surface area (Å²) in [5, 5.41) is 0. The summed E-state index contributed by atoms with van der Waals surface area (Å²) in [6, 6.07) is 7.95.